The summed E-state index contributed by atoms with van der Waals surface area (Å²) in [6.07, 6.45) is 0. The van der Waals surface area contributed by atoms with E-state index < -0.39 is 0 Å². The summed E-state index contributed by atoms with van der Waals surface area (Å²) in [5, 5.41) is 4.96. The van der Waals surface area contributed by atoms with E-state index >= 15 is 0 Å². The van der Waals surface area contributed by atoms with E-state index in [4.69, 9.17) is 14.5 Å². The molecule has 2 N–H and O–H groups in total. The zero-order chi connectivity index (χ0) is 22.8. The molecule has 0 saturated heterocycles. The molecule has 33 heavy (non-hydrogen) atoms. The Morgan fingerprint density at radius 3 is 2.45 bits per heavy atom. The summed E-state index contributed by atoms with van der Waals surface area (Å²) < 4.78 is 10.8. The first kappa shape index (κ1) is 20.6. The van der Waals surface area contributed by atoms with Crippen LogP contribution in [0.4, 0.5) is 0 Å². The molecule has 5 aromatic rings. The van der Waals surface area contributed by atoms with Crippen molar-refractivity contribution in [3.63, 3.8) is 0 Å². The molecule has 0 fully saturated rings. The lowest BCUT2D eigenvalue weighted by atomic mass is 10.1. The normalized spacial score (nSPS) is 11.0. The van der Waals surface area contributed by atoms with Crippen LogP contribution < -0.4 is 14.8 Å². The van der Waals surface area contributed by atoms with Gasteiger partial charge in [0.05, 0.1) is 25.4 Å². The van der Waals surface area contributed by atoms with Crippen molar-refractivity contribution in [2.24, 2.45) is 0 Å². The summed E-state index contributed by atoms with van der Waals surface area (Å²) in [5.74, 6) is 1.23. The minimum Gasteiger partial charge on any atom is -0.497 e. The Bertz CT molecular complexity index is 1460. The third kappa shape index (κ3) is 3.87. The summed E-state index contributed by atoms with van der Waals surface area (Å²) in [4.78, 5) is 21.4. The fraction of sp³-hybridized carbons (Fsp3) is 0.111. The van der Waals surface area contributed by atoms with Gasteiger partial charge in [0.25, 0.3) is 5.91 Å². The summed E-state index contributed by atoms with van der Waals surface area (Å²) in [6, 6.07) is 25.2. The third-order valence-electron chi connectivity index (χ3n) is 5.70. The maximum absolute atomic E-state index is 13.1. The number of H-pyrrole nitrogens is 1. The molecule has 2 heterocycles. The van der Waals surface area contributed by atoms with Gasteiger partial charge in [-0.15, -0.1) is 0 Å². The Balaban J connectivity index is 1.58. The van der Waals surface area contributed by atoms with E-state index in [9.17, 15) is 4.79 Å². The Labute approximate surface area is 191 Å². The number of carbonyl (C=O) groups is 1. The predicted molar refractivity (Wildman–Crippen MR) is 130 cm³/mol. The maximum Gasteiger partial charge on any atom is 0.270 e. The lowest BCUT2D eigenvalue weighted by Gasteiger charge is -2.11. The number of pyridine rings is 1. The second kappa shape index (κ2) is 8.67. The molecule has 164 valence electrons. The molecule has 0 radical (unpaired) electrons. The van der Waals surface area contributed by atoms with Gasteiger partial charge in [-0.25, -0.2) is 4.98 Å². The number of nitrogens with one attached hydrogen (secondary N) is 2. The van der Waals surface area contributed by atoms with Gasteiger partial charge < -0.3 is 19.8 Å². The number of ether oxygens (including phenoxy) is 2. The number of amides is 1. The molecule has 0 aliphatic carbocycles. The Kier molecular flexibility index (Phi) is 5.40. The first-order valence-corrected chi connectivity index (χ1v) is 10.6. The summed E-state index contributed by atoms with van der Waals surface area (Å²) in [6.45, 7) is 0.389. The van der Waals surface area contributed by atoms with E-state index in [0.717, 1.165) is 38.7 Å². The number of aromatic nitrogens is 2. The first-order valence-electron chi connectivity index (χ1n) is 10.6. The summed E-state index contributed by atoms with van der Waals surface area (Å²) >= 11 is 0. The molecule has 6 nitrogen and oxygen atoms in total. The van der Waals surface area contributed by atoms with Crippen molar-refractivity contribution in [2.45, 2.75) is 6.54 Å². The SMILES string of the molecule is COc1ccc(CNC(=O)c2cc3c([nH]c4ccccc43)c(-c3ccccc3OC)n2)cc1. The smallest absolute Gasteiger partial charge is 0.270 e. The number of hydrogen-bond donors (Lipinski definition) is 2. The van der Waals surface area contributed by atoms with Crippen molar-refractivity contribution in [3.05, 3.63) is 90.1 Å². The molecule has 1 amide bonds. The summed E-state index contributed by atoms with van der Waals surface area (Å²) in [7, 11) is 3.26. The van der Waals surface area contributed by atoms with Crippen LogP contribution in [0.1, 0.15) is 16.1 Å². The van der Waals surface area contributed by atoms with Gasteiger partial charge in [-0.3, -0.25) is 4.79 Å². The fourth-order valence-electron chi connectivity index (χ4n) is 4.01. The van der Waals surface area contributed by atoms with Crippen molar-refractivity contribution >= 4 is 27.7 Å². The number of carbonyl (C=O) groups excluding carboxylic acids is 1. The number of benzene rings is 3. The number of hydrogen-bond acceptors (Lipinski definition) is 4. The van der Waals surface area contributed by atoms with Crippen LogP contribution in [0.3, 0.4) is 0 Å². The van der Waals surface area contributed by atoms with Crippen LogP contribution in [0, 0.1) is 0 Å². The monoisotopic (exact) mass is 437 g/mol. The van der Waals surface area contributed by atoms with Crippen LogP contribution in [0.5, 0.6) is 11.5 Å². The third-order valence-corrected chi connectivity index (χ3v) is 5.70. The average Bonchev–Trinajstić information content (AvgIpc) is 3.25. The molecule has 0 unspecified atom stereocenters. The highest BCUT2D eigenvalue weighted by Gasteiger charge is 2.19. The van der Waals surface area contributed by atoms with Crippen LogP contribution in [0.15, 0.2) is 78.9 Å². The number of aromatic amines is 1. The minimum atomic E-state index is -0.242. The van der Waals surface area contributed by atoms with Gasteiger partial charge in [0.2, 0.25) is 0 Å². The second-order valence-electron chi connectivity index (χ2n) is 7.68. The molecule has 5 rings (SSSR count). The van der Waals surface area contributed by atoms with Gasteiger partial charge in [-0.1, -0.05) is 42.5 Å². The Hall–Kier alpha value is -4.32. The Morgan fingerprint density at radius 1 is 0.909 bits per heavy atom. The highest BCUT2D eigenvalue weighted by molar-refractivity contribution is 6.13. The van der Waals surface area contributed by atoms with Crippen molar-refractivity contribution in [1.29, 1.82) is 0 Å². The zero-order valence-corrected chi connectivity index (χ0v) is 18.4. The van der Waals surface area contributed by atoms with Crippen LogP contribution in [-0.2, 0) is 6.54 Å². The number of nitrogens with zero attached hydrogens (tertiary/aromatic N) is 1. The lowest BCUT2D eigenvalue weighted by Crippen LogP contribution is -2.24. The minimum absolute atomic E-state index is 0.242. The highest BCUT2D eigenvalue weighted by atomic mass is 16.5. The predicted octanol–water partition coefficient (Wildman–Crippen LogP) is 5.33. The van der Waals surface area contributed by atoms with Gasteiger partial charge >= 0.3 is 0 Å². The van der Waals surface area contributed by atoms with Crippen molar-refractivity contribution < 1.29 is 14.3 Å². The molecule has 0 aliphatic heterocycles. The molecular weight excluding hydrogens is 414 g/mol. The van der Waals surface area contributed by atoms with E-state index in [2.05, 4.69) is 10.3 Å². The Morgan fingerprint density at radius 2 is 1.67 bits per heavy atom. The first-order chi connectivity index (χ1) is 16.2. The van der Waals surface area contributed by atoms with Crippen LogP contribution in [0.25, 0.3) is 33.1 Å². The second-order valence-corrected chi connectivity index (χ2v) is 7.68. The lowest BCUT2D eigenvalue weighted by molar-refractivity contribution is 0.0946. The number of rotatable bonds is 6. The molecule has 0 spiro atoms. The van der Waals surface area contributed by atoms with E-state index in [1.807, 2.05) is 78.9 Å². The van der Waals surface area contributed by atoms with Crippen LogP contribution >= 0.6 is 0 Å². The molecule has 6 heteroatoms. The number of fused-ring (bicyclic) bond motifs is 3. The quantitative estimate of drug-likeness (QED) is 0.376. The molecule has 2 aromatic heterocycles. The van der Waals surface area contributed by atoms with Gasteiger partial charge in [0.1, 0.15) is 17.2 Å². The van der Waals surface area contributed by atoms with E-state index in [1.165, 1.54) is 0 Å². The van der Waals surface area contributed by atoms with Crippen LogP contribution in [0.2, 0.25) is 0 Å². The average molecular weight is 437 g/mol. The van der Waals surface area contributed by atoms with Crippen LogP contribution in [-0.4, -0.2) is 30.1 Å². The zero-order valence-electron chi connectivity index (χ0n) is 18.4. The molecule has 3 aromatic carbocycles. The van der Waals surface area contributed by atoms with E-state index in [1.54, 1.807) is 14.2 Å². The van der Waals surface area contributed by atoms with Gasteiger partial charge in [0, 0.05) is 28.4 Å². The largest absolute Gasteiger partial charge is 0.497 e. The van der Waals surface area contributed by atoms with Crippen molar-refractivity contribution in [1.82, 2.24) is 15.3 Å². The molecular formula is C27H23N3O3. The molecule has 0 saturated carbocycles. The van der Waals surface area contributed by atoms with E-state index in [-0.39, 0.29) is 5.91 Å². The number of methoxy groups -OCH3 is 2. The summed E-state index contributed by atoms with van der Waals surface area (Å²) in [5.41, 5.74) is 4.68. The van der Waals surface area contributed by atoms with Gasteiger partial charge in [-0.2, -0.15) is 0 Å². The number of para-hydroxylation sites is 2. The van der Waals surface area contributed by atoms with Gasteiger partial charge in [-0.05, 0) is 42.0 Å². The van der Waals surface area contributed by atoms with E-state index in [0.29, 0.717) is 23.7 Å². The van der Waals surface area contributed by atoms with Crippen molar-refractivity contribution in [3.8, 4) is 22.8 Å². The molecule has 0 aliphatic rings. The van der Waals surface area contributed by atoms with Crippen molar-refractivity contribution in [2.75, 3.05) is 14.2 Å². The molecule has 0 bridgehead atoms. The maximum atomic E-state index is 13.1. The molecule has 0 atom stereocenters. The highest BCUT2D eigenvalue weighted by Crippen LogP contribution is 2.36. The standard InChI is InChI=1S/C27H23N3O3/c1-32-18-13-11-17(12-14-18)16-28-27(31)23-15-21-19-7-3-5-9-22(19)29-26(21)25(30-23)20-8-4-6-10-24(20)33-2/h3-15,29H,16H2,1-2H3,(H,28,31). The van der Waals surface area contributed by atoms with Gasteiger partial charge in [0.15, 0.2) is 0 Å². The fourth-order valence-corrected chi connectivity index (χ4v) is 4.01. The topological polar surface area (TPSA) is 76.2 Å².